The molecular formula is C17H30O. The zero-order valence-electron chi connectivity index (χ0n) is 12.6. The van der Waals surface area contributed by atoms with Gasteiger partial charge in [-0.05, 0) is 67.8 Å². The first kappa shape index (κ1) is 14.1. The molecule has 0 radical (unpaired) electrons. The molecule has 1 N–H and O–H groups in total. The fourth-order valence-electron chi connectivity index (χ4n) is 4.63. The van der Waals surface area contributed by atoms with Crippen LogP contribution in [0.4, 0.5) is 0 Å². The minimum absolute atomic E-state index is 0.254. The second kappa shape index (κ2) is 5.36. The van der Waals surface area contributed by atoms with Gasteiger partial charge in [0.2, 0.25) is 0 Å². The van der Waals surface area contributed by atoms with E-state index >= 15 is 0 Å². The van der Waals surface area contributed by atoms with Crippen LogP contribution >= 0.6 is 0 Å². The number of aliphatic hydroxyl groups excluding tert-OH is 1. The van der Waals surface area contributed by atoms with Gasteiger partial charge in [-0.2, -0.15) is 0 Å². The lowest BCUT2D eigenvalue weighted by molar-refractivity contribution is -0.00318. The Morgan fingerprint density at radius 1 is 1.28 bits per heavy atom. The molecule has 0 bridgehead atoms. The number of hydrogen-bond acceptors (Lipinski definition) is 1. The van der Waals surface area contributed by atoms with E-state index < -0.39 is 0 Å². The molecule has 0 amide bonds. The third-order valence-corrected chi connectivity index (χ3v) is 6.08. The molecule has 0 aromatic rings. The van der Waals surface area contributed by atoms with Gasteiger partial charge in [-0.3, -0.25) is 0 Å². The van der Waals surface area contributed by atoms with E-state index in [-0.39, 0.29) is 6.61 Å². The van der Waals surface area contributed by atoms with Crippen LogP contribution in [0.5, 0.6) is 0 Å². The van der Waals surface area contributed by atoms with E-state index in [1.807, 2.05) is 0 Å². The maximum absolute atomic E-state index is 9.35. The summed E-state index contributed by atoms with van der Waals surface area (Å²) in [5.74, 6) is 2.69. The Morgan fingerprint density at radius 3 is 2.61 bits per heavy atom. The maximum atomic E-state index is 9.35. The largest absolute Gasteiger partial charge is 0.392 e. The lowest BCUT2D eigenvalue weighted by atomic mass is 9.53. The van der Waals surface area contributed by atoms with E-state index in [1.165, 1.54) is 44.1 Å². The van der Waals surface area contributed by atoms with E-state index in [4.69, 9.17) is 0 Å². The molecule has 1 heteroatoms. The predicted molar refractivity (Wildman–Crippen MR) is 77.4 cm³/mol. The van der Waals surface area contributed by atoms with Crippen molar-refractivity contribution in [3.63, 3.8) is 0 Å². The summed E-state index contributed by atoms with van der Waals surface area (Å²) < 4.78 is 0. The SMILES string of the molecule is CC[C@@H]1CC[C@H]2CCC(=C(C)CO)C[C@@H]2C1(C)C. The molecular weight excluding hydrogens is 220 g/mol. The molecule has 0 spiro atoms. The predicted octanol–water partition coefficient (Wildman–Crippen LogP) is 4.56. The number of aliphatic hydroxyl groups is 1. The fraction of sp³-hybridized carbons (Fsp3) is 0.882. The van der Waals surface area contributed by atoms with Gasteiger partial charge in [0.1, 0.15) is 0 Å². The first-order valence-electron chi connectivity index (χ1n) is 7.79. The Morgan fingerprint density at radius 2 is 2.00 bits per heavy atom. The van der Waals surface area contributed by atoms with Crippen molar-refractivity contribution < 1.29 is 5.11 Å². The van der Waals surface area contributed by atoms with Crippen LogP contribution in [0, 0.1) is 23.2 Å². The van der Waals surface area contributed by atoms with Crippen molar-refractivity contribution >= 4 is 0 Å². The zero-order chi connectivity index (χ0) is 13.3. The summed E-state index contributed by atoms with van der Waals surface area (Å²) in [6.45, 7) is 9.71. The molecule has 0 aliphatic heterocycles. The highest BCUT2D eigenvalue weighted by atomic mass is 16.3. The average Bonchev–Trinajstić information content (AvgIpc) is 2.37. The van der Waals surface area contributed by atoms with Crippen LogP contribution in [-0.4, -0.2) is 11.7 Å². The molecule has 2 fully saturated rings. The van der Waals surface area contributed by atoms with Gasteiger partial charge in [0, 0.05) is 0 Å². The van der Waals surface area contributed by atoms with Gasteiger partial charge in [-0.1, -0.05) is 32.8 Å². The Hall–Kier alpha value is -0.300. The molecule has 2 rings (SSSR count). The van der Waals surface area contributed by atoms with Crippen molar-refractivity contribution in [2.45, 2.75) is 66.2 Å². The number of allylic oxidation sites excluding steroid dienone is 1. The lowest BCUT2D eigenvalue weighted by Gasteiger charge is -2.52. The minimum Gasteiger partial charge on any atom is -0.392 e. The van der Waals surface area contributed by atoms with E-state index in [0.717, 1.165) is 17.8 Å². The van der Waals surface area contributed by atoms with Crippen LogP contribution in [0.2, 0.25) is 0 Å². The summed E-state index contributed by atoms with van der Waals surface area (Å²) in [4.78, 5) is 0. The highest BCUT2D eigenvalue weighted by Crippen LogP contribution is 2.55. The molecule has 0 unspecified atom stereocenters. The van der Waals surface area contributed by atoms with Crippen LogP contribution in [0.3, 0.4) is 0 Å². The van der Waals surface area contributed by atoms with Crippen LogP contribution in [-0.2, 0) is 0 Å². The molecule has 0 aromatic heterocycles. The van der Waals surface area contributed by atoms with E-state index in [2.05, 4.69) is 27.7 Å². The van der Waals surface area contributed by atoms with Gasteiger partial charge in [0.05, 0.1) is 6.61 Å². The maximum Gasteiger partial charge on any atom is 0.0641 e. The highest BCUT2D eigenvalue weighted by molar-refractivity contribution is 5.17. The van der Waals surface area contributed by atoms with Gasteiger partial charge in [0.25, 0.3) is 0 Å². The summed E-state index contributed by atoms with van der Waals surface area (Å²) in [6, 6.07) is 0. The van der Waals surface area contributed by atoms with Gasteiger partial charge < -0.3 is 5.11 Å². The average molecular weight is 250 g/mol. The van der Waals surface area contributed by atoms with Crippen molar-refractivity contribution in [3.8, 4) is 0 Å². The van der Waals surface area contributed by atoms with E-state index in [1.54, 1.807) is 5.57 Å². The third-order valence-electron chi connectivity index (χ3n) is 6.08. The Labute approximate surface area is 113 Å². The van der Waals surface area contributed by atoms with Gasteiger partial charge in [-0.25, -0.2) is 0 Å². The molecule has 0 heterocycles. The molecule has 3 atom stereocenters. The molecule has 0 saturated heterocycles. The van der Waals surface area contributed by atoms with Crippen molar-refractivity contribution in [1.82, 2.24) is 0 Å². The molecule has 2 aliphatic carbocycles. The van der Waals surface area contributed by atoms with Gasteiger partial charge in [0.15, 0.2) is 0 Å². The summed E-state index contributed by atoms with van der Waals surface area (Å²) in [5, 5.41) is 9.35. The van der Waals surface area contributed by atoms with Gasteiger partial charge in [-0.15, -0.1) is 0 Å². The summed E-state index contributed by atoms with van der Waals surface area (Å²) >= 11 is 0. The molecule has 1 nitrogen and oxygen atoms in total. The van der Waals surface area contributed by atoms with Crippen LogP contribution < -0.4 is 0 Å². The second-order valence-electron chi connectivity index (χ2n) is 7.16. The second-order valence-corrected chi connectivity index (χ2v) is 7.16. The van der Waals surface area contributed by atoms with Crippen LogP contribution in [0.15, 0.2) is 11.1 Å². The minimum atomic E-state index is 0.254. The zero-order valence-corrected chi connectivity index (χ0v) is 12.6. The standard InChI is InChI=1S/C17H30O/c1-5-15-9-8-13-6-7-14(12(2)11-18)10-16(13)17(15,3)4/h13,15-16,18H,5-11H2,1-4H3/t13-,15-,16+/m1/s1. The third kappa shape index (κ3) is 2.39. The Bertz CT molecular complexity index is 327. The fourth-order valence-corrected chi connectivity index (χ4v) is 4.63. The summed E-state index contributed by atoms with van der Waals surface area (Å²) in [5.41, 5.74) is 3.28. The van der Waals surface area contributed by atoms with Crippen molar-refractivity contribution in [1.29, 1.82) is 0 Å². The highest BCUT2D eigenvalue weighted by Gasteiger charge is 2.45. The topological polar surface area (TPSA) is 20.2 Å². The molecule has 2 aliphatic rings. The van der Waals surface area contributed by atoms with Crippen LogP contribution in [0.1, 0.15) is 66.2 Å². The quantitative estimate of drug-likeness (QED) is 0.712. The summed E-state index contributed by atoms with van der Waals surface area (Å²) in [6.07, 6.45) is 8.05. The first-order valence-corrected chi connectivity index (χ1v) is 7.79. The molecule has 0 aromatic carbocycles. The van der Waals surface area contributed by atoms with Crippen molar-refractivity contribution in [3.05, 3.63) is 11.1 Å². The molecule has 2 saturated carbocycles. The number of rotatable bonds is 2. The Kier molecular flexibility index (Phi) is 4.21. The van der Waals surface area contributed by atoms with Crippen molar-refractivity contribution in [2.75, 3.05) is 6.61 Å². The van der Waals surface area contributed by atoms with Gasteiger partial charge >= 0.3 is 0 Å². The Balaban J connectivity index is 2.20. The number of fused-ring (bicyclic) bond motifs is 1. The monoisotopic (exact) mass is 250 g/mol. The van der Waals surface area contributed by atoms with Crippen LogP contribution in [0.25, 0.3) is 0 Å². The molecule has 18 heavy (non-hydrogen) atoms. The normalized spacial score (nSPS) is 38.2. The van der Waals surface area contributed by atoms with Crippen molar-refractivity contribution in [2.24, 2.45) is 23.2 Å². The first-order chi connectivity index (χ1) is 8.50. The lowest BCUT2D eigenvalue weighted by Crippen LogP contribution is -2.43. The van der Waals surface area contributed by atoms with E-state index in [0.29, 0.717) is 5.41 Å². The number of hydrogen-bond donors (Lipinski definition) is 1. The smallest absolute Gasteiger partial charge is 0.0641 e. The van der Waals surface area contributed by atoms with E-state index in [9.17, 15) is 5.11 Å². The summed E-state index contributed by atoms with van der Waals surface area (Å²) in [7, 11) is 0. The molecule has 104 valence electrons.